The van der Waals surface area contributed by atoms with Gasteiger partial charge in [0.2, 0.25) is 11.8 Å². The Morgan fingerprint density at radius 1 is 1.25 bits per heavy atom. The number of hydrogen-bond donors (Lipinski definition) is 2. The lowest BCUT2D eigenvalue weighted by Gasteiger charge is -2.20. The van der Waals surface area contributed by atoms with Crippen LogP contribution in [0.3, 0.4) is 0 Å². The van der Waals surface area contributed by atoms with Crippen molar-refractivity contribution in [1.29, 1.82) is 0 Å². The summed E-state index contributed by atoms with van der Waals surface area (Å²) in [5.74, 6) is 0.683. The standard InChI is InChI=1S/C11H19N3O2/c12-9(4-10(13)15)11(16)14-5-7-2-1-3-8(7)6-14/h7-9H,1-6,12H2,(H2,13,15). The van der Waals surface area contributed by atoms with E-state index in [1.165, 1.54) is 19.3 Å². The lowest BCUT2D eigenvalue weighted by molar-refractivity contribution is -0.134. The van der Waals surface area contributed by atoms with E-state index in [2.05, 4.69) is 0 Å². The number of rotatable bonds is 3. The fraction of sp³-hybridized carbons (Fsp3) is 0.818. The third-order valence-electron chi connectivity index (χ3n) is 3.78. The Hall–Kier alpha value is -1.10. The lowest BCUT2D eigenvalue weighted by atomic mass is 10.0. The second kappa shape index (κ2) is 4.41. The van der Waals surface area contributed by atoms with Crippen LogP contribution in [0.2, 0.25) is 0 Å². The van der Waals surface area contributed by atoms with Gasteiger partial charge >= 0.3 is 0 Å². The molecule has 0 aromatic heterocycles. The van der Waals surface area contributed by atoms with E-state index in [0.717, 1.165) is 13.1 Å². The van der Waals surface area contributed by atoms with Gasteiger partial charge in [-0.25, -0.2) is 0 Å². The molecule has 0 radical (unpaired) electrons. The first-order chi connectivity index (χ1) is 7.58. The maximum Gasteiger partial charge on any atom is 0.240 e. The minimum atomic E-state index is -0.753. The first kappa shape index (κ1) is 11.4. The zero-order chi connectivity index (χ0) is 11.7. The number of primary amides is 1. The fourth-order valence-corrected chi connectivity index (χ4v) is 2.95. The number of nitrogens with zero attached hydrogens (tertiary/aromatic N) is 1. The number of fused-ring (bicyclic) bond motifs is 1. The van der Waals surface area contributed by atoms with Crippen molar-refractivity contribution in [3.63, 3.8) is 0 Å². The van der Waals surface area contributed by atoms with Crippen LogP contribution in [0.4, 0.5) is 0 Å². The maximum atomic E-state index is 11.9. The van der Waals surface area contributed by atoms with Crippen molar-refractivity contribution in [2.75, 3.05) is 13.1 Å². The second-order valence-electron chi connectivity index (χ2n) is 4.97. The van der Waals surface area contributed by atoms with E-state index < -0.39 is 11.9 Å². The molecule has 0 spiro atoms. The molecule has 1 saturated carbocycles. The van der Waals surface area contributed by atoms with Gasteiger partial charge in [-0.05, 0) is 24.7 Å². The van der Waals surface area contributed by atoms with Crippen LogP contribution in [0.25, 0.3) is 0 Å². The van der Waals surface area contributed by atoms with Crippen molar-refractivity contribution < 1.29 is 9.59 Å². The van der Waals surface area contributed by atoms with Gasteiger partial charge in [0.1, 0.15) is 0 Å². The molecule has 4 N–H and O–H groups in total. The molecule has 1 aliphatic carbocycles. The summed E-state index contributed by atoms with van der Waals surface area (Å²) in [4.78, 5) is 24.4. The molecule has 90 valence electrons. The van der Waals surface area contributed by atoms with Crippen molar-refractivity contribution in [3.8, 4) is 0 Å². The first-order valence-electron chi connectivity index (χ1n) is 5.90. The minimum absolute atomic E-state index is 0.0509. The van der Waals surface area contributed by atoms with Crippen molar-refractivity contribution >= 4 is 11.8 Å². The summed E-state index contributed by atoms with van der Waals surface area (Å²) in [7, 11) is 0. The van der Waals surface area contributed by atoms with E-state index in [1.54, 1.807) is 0 Å². The van der Waals surface area contributed by atoms with Crippen molar-refractivity contribution in [3.05, 3.63) is 0 Å². The van der Waals surface area contributed by atoms with Crippen LogP contribution in [-0.4, -0.2) is 35.8 Å². The molecule has 1 aliphatic heterocycles. The Kier molecular flexibility index (Phi) is 3.14. The number of carbonyl (C=O) groups is 2. The van der Waals surface area contributed by atoms with Crippen LogP contribution in [0.1, 0.15) is 25.7 Å². The summed E-state index contributed by atoms with van der Waals surface area (Å²) in [6.45, 7) is 1.63. The molecular formula is C11H19N3O2. The zero-order valence-corrected chi connectivity index (χ0v) is 9.39. The number of hydrogen-bond acceptors (Lipinski definition) is 3. The molecule has 16 heavy (non-hydrogen) atoms. The van der Waals surface area contributed by atoms with E-state index in [-0.39, 0.29) is 12.3 Å². The van der Waals surface area contributed by atoms with E-state index in [9.17, 15) is 9.59 Å². The normalized spacial score (nSPS) is 30.2. The zero-order valence-electron chi connectivity index (χ0n) is 9.39. The van der Waals surface area contributed by atoms with Crippen LogP contribution in [0.5, 0.6) is 0 Å². The Morgan fingerprint density at radius 3 is 2.31 bits per heavy atom. The largest absolute Gasteiger partial charge is 0.370 e. The molecule has 5 nitrogen and oxygen atoms in total. The van der Waals surface area contributed by atoms with Gasteiger partial charge in [-0.3, -0.25) is 9.59 Å². The fourth-order valence-electron chi connectivity index (χ4n) is 2.95. The molecule has 2 aliphatic rings. The quantitative estimate of drug-likeness (QED) is 0.675. The highest BCUT2D eigenvalue weighted by Gasteiger charge is 2.39. The summed E-state index contributed by atoms with van der Waals surface area (Å²) in [5, 5.41) is 0. The molecular weight excluding hydrogens is 206 g/mol. The van der Waals surface area contributed by atoms with E-state index in [0.29, 0.717) is 11.8 Å². The van der Waals surface area contributed by atoms with Gasteiger partial charge < -0.3 is 16.4 Å². The molecule has 2 amide bonds. The Bertz CT molecular complexity index is 294. The van der Waals surface area contributed by atoms with E-state index in [1.807, 2.05) is 4.90 Å². The summed E-state index contributed by atoms with van der Waals surface area (Å²) in [5.41, 5.74) is 10.7. The molecule has 3 atom stereocenters. The van der Waals surface area contributed by atoms with Crippen LogP contribution in [0.15, 0.2) is 0 Å². The second-order valence-corrected chi connectivity index (χ2v) is 4.97. The maximum absolute atomic E-state index is 11.9. The van der Waals surface area contributed by atoms with E-state index >= 15 is 0 Å². The molecule has 5 heteroatoms. The van der Waals surface area contributed by atoms with Crippen molar-refractivity contribution in [1.82, 2.24) is 4.90 Å². The van der Waals surface area contributed by atoms with Gasteiger partial charge in [0.15, 0.2) is 0 Å². The lowest BCUT2D eigenvalue weighted by Crippen LogP contribution is -2.44. The van der Waals surface area contributed by atoms with Crippen LogP contribution >= 0.6 is 0 Å². The highest BCUT2D eigenvalue weighted by molar-refractivity contribution is 5.87. The van der Waals surface area contributed by atoms with Gasteiger partial charge in [-0.15, -0.1) is 0 Å². The van der Waals surface area contributed by atoms with Gasteiger partial charge in [0.25, 0.3) is 0 Å². The van der Waals surface area contributed by atoms with Crippen LogP contribution in [-0.2, 0) is 9.59 Å². The van der Waals surface area contributed by atoms with Gasteiger partial charge in [0.05, 0.1) is 12.5 Å². The SMILES string of the molecule is NC(=O)CC(N)C(=O)N1CC2CCCC2C1. The summed E-state index contributed by atoms with van der Waals surface area (Å²) >= 11 is 0. The van der Waals surface area contributed by atoms with Gasteiger partial charge in [-0.2, -0.15) is 0 Å². The predicted octanol–water partition coefficient (Wildman–Crippen LogP) is -0.552. The number of nitrogens with two attached hydrogens (primary N) is 2. The van der Waals surface area contributed by atoms with Crippen molar-refractivity contribution in [2.24, 2.45) is 23.3 Å². The number of carbonyl (C=O) groups excluding carboxylic acids is 2. The first-order valence-corrected chi connectivity index (χ1v) is 5.90. The minimum Gasteiger partial charge on any atom is -0.370 e. The highest BCUT2D eigenvalue weighted by atomic mass is 16.2. The average molecular weight is 225 g/mol. The topological polar surface area (TPSA) is 89.4 Å². The summed E-state index contributed by atoms with van der Waals surface area (Å²) in [6.07, 6.45) is 3.67. The molecule has 1 heterocycles. The molecule has 3 unspecified atom stereocenters. The Balaban J connectivity index is 1.89. The molecule has 2 fully saturated rings. The molecule has 2 rings (SSSR count). The molecule has 0 aromatic rings. The van der Waals surface area contributed by atoms with E-state index in [4.69, 9.17) is 11.5 Å². The summed E-state index contributed by atoms with van der Waals surface area (Å²) in [6, 6.07) is -0.753. The Labute approximate surface area is 95.1 Å². The Morgan fingerprint density at radius 2 is 1.81 bits per heavy atom. The number of likely N-dealkylation sites (tertiary alicyclic amines) is 1. The average Bonchev–Trinajstić information content (AvgIpc) is 2.74. The summed E-state index contributed by atoms with van der Waals surface area (Å²) < 4.78 is 0. The van der Waals surface area contributed by atoms with Crippen molar-refractivity contribution in [2.45, 2.75) is 31.7 Å². The van der Waals surface area contributed by atoms with Crippen LogP contribution < -0.4 is 11.5 Å². The monoisotopic (exact) mass is 225 g/mol. The van der Waals surface area contributed by atoms with Crippen LogP contribution in [0, 0.1) is 11.8 Å². The third kappa shape index (κ3) is 2.19. The molecule has 0 bridgehead atoms. The third-order valence-corrected chi connectivity index (χ3v) is 3.78. The number of amides is 2. The van der Waals surface area contributed by atoms with Gasteiger partial charge in [0, 0.05) is 13.1 Å². The highest BCUT2D eigenvalue weighted by Crippen LogP contribution is 2.37. The predicted molar refractivity (Wildman–Crippen MR) is 59.2 cm³/mol. The molecule has 1 saturated heterocycles. The molecule has 0 aromatic carbocycles. The van der Waals surface area contributed by atoms with Gasteiger partial charge in [-0.1, -0.05) is 6.42 Å². The smallest absolute Gasteiger partial charge is 0.240 e.